The van der Waals surface area contributed by atoms with Crippen LogP contribution in [0.4, 0.5) is 0 Å². The van der Waals surface area contributed by atoms with E-state index in [1.165, 1.54) is 19.3 Å². The molecule has 0 radical (unpaired) electrons. The summed E-state index contributed by atoms with van der Waals surface area (Å²) in [6.07, 6.45) is 8.14. The predicted octanol–water partition coefficient (Wildman–Crippen LogP) is 3.25. The largest absolute Gasteiger partial charge is 0.343 e. The Kier molecular flexibility index (Phi) is 7.76. The van der Waals surface area contributed by atoms with Crippen molar-refractivity contribution < 1.29 is 9.59 Å². The zero-order valence-electron chi connectivity index (χ0n) is 14.2. The van der Waals surface area contributed by atoms with Gasteiger partial charge in [-0.25, -0.2) is 0 Å². The van der Waals surface area contributed by atoms with Gasteiger partial charge in [-0.1, -0.05) is 52.9 Å². The van der Waals surface area contributed by atoms with Crippen molar-refractivity contribution in [1.82, 2.24) is 10.2 Å². The minimum Gasteiger partial charge on any atom is -0.343 e. The fourth-order valence-electron chi connectivity index (χ4n) is 3.19. The van der Waals surface area contributed by atoms with Crippen LogP contribution in [-0.4, -0.2) is 34.8 Å². The smallest absolute Gasteiger partial charge is 0.246 e. The minimum atomic E-state index is -0.316. The summed E-state index contributed by atoms with van der Waals surface area (Å²) < 4.78 is 0. The molecule has 1 saturated heterocycles. The third-order valence-electron chi connectivity index (χ3n) is 4.42. The molecule has 4 nitrogen and oxygen atoms in total. The molecule has 2 amide bonds. The Hall–Kier alpha value is -1.06. The first-order valence-electron chi connectivity index (χ1n) is 8.69. The molecule has 1 N–H and O–H groups in total. The second-order valence-corrected chi connectivity index (χ2v) is 6.22. The predicted molar refractivity (Wildman–Crippen MR) is 86.0 cm³/mol. The molecule has 0 spiro atoms. The number of nitrogens with one attached hydrogen (secondary N) is 1. The molecule has 4 heteroatoms. The topological polar surface area (TPSA) is 49.4 Å². The second-order valence-electron chi connectivity index (χ2n) is 6.22. The third-order valence-corrected chi connectivity index (χ3v) is 4.42. The van der Waals surface area contributed by atoms with E-state index in [1.807, 2.05) is 18.7 Å². The third kappa shape index (κ3) is 4.72. The summed E-state index contributed by atoms with van der Waals surface area (Å²) in [5, 5.41) is 2.90. The van der Waals surface area contributed by atoms with E-state index >= 15 is 0 Å². The van der Waals surface area contributed by atoms with Crippen molar-refractivity contribution in [1.29, 1.82) is 0 Å². The maximum Gasteiger partial charge on any atom is 0.246 e. The second kappa shape index (κ2) is 9.06. The van der Waals surface area contributed by atoms with Gasteiger partial charge in [-0.3, -0.25) is 9.59 Å². The number of carbonyl (C=O) groups is 2. The molecule has 3 atom stereocenters. The zero-order valence-corrected chi connectivity index (χ0v) is 14.2. The Balaban J connectivity index is 2.71. The molecule has 1 aliphatic rings. The fourth-order valence-corrected chi connectivity index (χ4v) is 3.19. The molecule has 1 aliphatic heterocycles. The first kappa shape index (κ1) is 18.0. The fraction of sp³-hybridized carbons (Fsp3) is 0.882. The lowest BCUT2D eigenvalue weighted by molar-refractivity contribution is -0.152. The molecule has 1 rings (SSSR count). The van der Waals surface area contributed by atoms with E-state index in [1.54, 1.807) is 0 Å². The molecule has 0 aliphatic carbocycles. The Labute approximate surface area is 129 Å². The zero-order chi connectivity index (χ0) is 15.8. The van der Waals surface area contributed by atoms with Crippen molar-refractivity contribution in [2.75, 3.05) is 0 Å². The Morgan fingerprint density at radius 3 is 2.38 bits per heavy atom. The van der Waals surface area contributed by atoms with Gasteiger partial charge >= 0.3 is 0 Å². The summed E-state index contributed by atoms with van der Waals surface area (Å²) in [5.41, 5.74) is 0. The standard InChI is InChI=1S/C17H32N2O2/c1-5-8-9-10-12-13(4)19-15(7-3)16(20)18-14(11-6-2)17(19)21/h13-15H,5-12H2,1-4H3,(H,18,20). The lowest BCUT2D eigenvalue weighted by Crippen LogP contribution is -2.65. The summed E-state index contributed by atoms with van der Waals surface area (Å²) >= 11 is 0. The van der Waals surface area contributed by atoms with E-state index in [-0.39, 0.29) is 29.9 Å². The van der Waals surface area contributed by atoms with Gasteiger partial charge in [-0.15, -0.1) is 0 Å². The number of nitrogens with zero attached hydrogens (tertiary/aromatic N) is 1. The molecule has 21 heavy (non-hydrogen) atoms. The number of carbonyl (C=O) groups excluding carboxylic acids is 2. The van der Waals surface area contributed by atoms with E-state index < -0.39 is 0 Å². The van der Waals surface area contributed by atoms with E-state index in [9.17, 15) is 9.59 Å². The number of hydrogen-bond acceptors (Lipinski definition) is 2. The van der Waals surface area contributed by atoms with Gasteiger partial charge in [-0.05, 0) is 26.2 Å². The van der Waals surface area contributed by atoms with Gasteiger partial charge in [0.15, 0.2) is 0 Å². The summed E-state index contributed by atoms with van der Waals surface area (Å²) in [7, 11) is 0. The first-order chi connectivity index (χ1) is 10.1. The van der Waals surface area contributed by atoms with Crippen LogP contribution in [0.2, 0.25) is 0 Å². The van der Waals surface area contributed by atoms with Crippen LogP contribution in [0.3, 0.4) is 0 Å². The normalized spacial score (nSPS) is 24.1. The first-order valence-corrected chi connectivity index (χ1v) is 8.69. The molecule has 3 unspecified atom stereocenters. The van der Waals surface area contributed by atoms with Gasteiger partial charge in [-0.2, -0.15) is 0 Å². The minimum absolute atomic E-state index is 0.0240. The van der Waals surface area contributed by atoms with Crippen LogP contribution in [0.5, 0.6) is 0 Å². The van der Waals surface area contributed by atoms with Crippen molar-refractivity contribution in [2.24, 2.45) is 0 Å². The van der Waals surface area contributed by atoms with Gasteiger partial charge in [0, 0.05) is 6.04 Å². The molecular weight excluding hydrogens is 264 g/mol. The lowest BCUT2D eigenvalue weighted by atomic mass is 9.97. The summed E-state index contributed by atoms with van der Waals surface area (Å²) in [6.45, 7) is 8.32. The molecule has 0 saturated carbocycles. The molecule has 1 heterocycles. The number of amides is 2. The number of unbranched alkanes of at least 4 members (excludes halogenated alkanes) is 3. The van der Waals surface area contributed by atoms with Gasteiger partial charge < -0.3 is 10.2 Å². The average Bonchev–Trinajstić information content (AvgIpc) is 2.46. The Morgan fingerprint density at radius 1 is 1.10 bits per heavy atom. The van der Waals surface area contributed by atoms with Gasteiger partial charge in [0.2, 0.25) is 11.8 Å². The highest BCUT2D eigenvalue weighted by Gasteiger charge is 2.40. The molecule has 122 valence electrons. The highest BCUT2D eigenvalue weighted by atomic mass is 16.2. The van der Waals surface area contributed by atoms with Crippen molar-refractivity contribution >= 4 is 11.8 Å². The van der Waals surface area contributed by atoms with Crippen molar-refractivity contribution in [3.05, 3.63) is 0 Å². The summed E-state index contributed by atoms with van der Waals surface area (Å²) in [4.78, 5) is 26.8. The van der Waals surface area contributed by atoms with Gasteiger partial charge in [0.25, 0.3) is 0 Å². The number of hydrogen-bond donors (Lipinski definition) is 1. The summed E-state index contributed by atoms with van der Waals surface area (Å²) in [5.74, 6) is 0.141. The van der Waals surface area contributed by atoms with Crippen LogP contribution in [0, 0.1) is 0 Å². The SMILES string of the molecule is CCCCCCC(C)N1C(=O)C(CCC)NC(=O)C1CC. The van der Waals surface area contributed by atoms with E-state index in [4.69, 9.17) is 0 Å². The number of rotatable bonds is 9. The quantitative estimate of drug-likeness (QED) is 0.664. The van der Waals surface area contributed by atoms with Crippen molar-refractivity contribution in [3.63, 3.8) is 0 Å². The van der Waals surface area contributed by atoms with Crippen LogP contribution in [-0.2, 0) is 9.59 Å². The highest BCUT2D eigenvalue weighted by Crippen LogP contribution is 2.21. The molecule has 0 bridgehead atoms. The highest BCUT2D eigenvalue weighted by molar-refractivity contribution is 5.97. The summed E-state index contributed by atoms with van der Waals surface area (Å²) in [6, 6.07) is -0.445. The van der Waals surface area contributed by atoms with Crippen LogP contribution < -0.4 is 5.32 Å². The Morgan fingerprint density at radius 2 is 1.81 bits per heavy atom. The monoisotopic (exact) mass is 296 g/mol. The van der Waals surface area contributed by atoms with Gasteiger partial charge in [0.05, 0.1) is 0 Å². The molecule has 0 aromatic rings. The maximum atomic E-state index is 12.7. The molecule has 0 aromatic heterocycles. The average molecular weight is 296 g/mol. The van der Waals surface area contributed by atoms with E-state index in [0.717, 1.165) is 25.7 Å². The van der Waals surface area contributed by atoms with Crippen LogP contribution in [0.1, 0.15) is 79.1 Å². The van der Waals surface area contributed by atoms with Gasteiger partial charge in [0.1, 0.15) is 12.1 Å². The van der Waals surface area contributed by atoms with Crippen LogP contribution >= 0.6 is 0 Å². The maximum absolute atomic E-state index is 12.7. The Bertz CT molecular complexity index is 344. The number of piperazine rings is 1. The van der Waals surface area contributed by atoms with E-state index in [0.29, 0.717) is 6.42 Å². The lowest BCUT2D eigenvalue weighted by Gasteiger charge is -2.42. The van der Waals surface area contributed by atoms with Crippen LogP contribution in [0.15, 0.2) is 0 Å². The molecular formula is C17H32N2O2. The van der Waals surface area contributed by atoms with Crippen LogP contribution in [0.25, 0.3) is 0 Å². The molecule has 1 fully saturated rings. The van der Waals surface area contributed by atoms with E-state index in [2.05, 4.69) is 19.2 Å². The van der Waals surface area contributed by atoms with Crippen molar-refractivity contribution in [3.8, 4) is 0 Å². The molecule has 0 aromatic carbocycles. The van der Waals surface area contributed by atoms with Crippen molar-refractivity contribution in [2.45, 2.75) is 97.2 Å².